The Kier molecular flexibility index (Phi) is 5.30. The summed E-state index contributed by atoms with van der Waals surface area (Å²) in [4.78, 5) is 26.4. The third-order valence-corrected chi connectivity index (χ3v) is 5.87. The highest BCUT2D eigenvalue weighted by Crippen LogP contribution is 2.39. The maximum Gasteiger partial charge on any atom is 0.256 e. The van der Waals surface area contributed by atoms with Crippen LogP contribution in [0.2, 0.25) is 0 Å². The molecule has 2 amide bonds. The van der Waals surface area contributed by atoms with Crippen molar-refractivity contribution in [2.24, 2.45) is 0 Å². The topological polar surface area (TPSA) is 79.3 Å². The maximum atomic E-state index is 12.8. The minimum Gasteiger partial charge on any atom is -0.363 e. The fourth-order valence-electron chi connectivity index (χ4n) is 4.31. The number of fused-ring (bicyclic) bond motifs is 1. The molecule has 2 aliphatic heterocycles. The van der Waals surface area contributed by atoms with Gasteiger partial charge in [0.15, 0.2) is 0 Å². The van der Waals surface area contributed by atoms with Gasteiger partial charge in [-0.2, -0.15) is 5.10 Å². The zero-order chi connectivity index (χ0) is 20.4. The molecule has 0 saturated carbocycles. The molecule has 154 valence electrons. The van der Waals surface area contributed by atoms with Crippen LogP contribution < -0.4 is 10.6 Å². The van der Waals surface area contributed by atoms with Crippen LogP contribution in [-0.4, -0.2) is 46.1 Å². The molecule has 1 saturated heterocycles. The van der Waals surface area contributed by atoms with Gasteiger partial charge in [0.2, 0.25) is 5.91 Å². The van der Waals surface area contributed by atoms with E-state index in [1.54, 1.807) is 6.20 Å². The molecule has 3 heterocycles. The smallest absolute Gasteiger partial charge is 0.256 e. The first-order chi connectivity index (χ1) is 14.0. The van der Waals surface area contributed by atoms with Crippen molar-refractivity contribution in [2.75, 3.05) is 25.0 Å². The molecule has 7 heteroatoms. The van der Waals surface area contributed by atoms with Gasteiger partial charge in [-0.1, -0.05) is 30.3 Å². The highest BCUT2D eigenvalue weighted by molar-refractivity contribution is 5.98. The summed E-state index contributed by atoms with van der Waals surface area (Å²) < 4.78 is 1.92. The second-order valence-electron chi connectivity index (χ2n) is 8.54. The SMILES string of the molecule is CC1(C)CC(c2ccccc2)Nc2c(C(=O)NCCCN3CCCC3=O)cnn21. The largest absolute Gasteiger partial charge is 0.363 e. The molecule has 1 atom stereocenters. The number of nitrogens with one attached hydrogen (secondary N) is 2. The van der Waals surface area contributed by atoms with Crippen LogP contribution >= 0.6 is 0 Å². The molecular formula is C22H29N5O2. The van der Waals surface area contributed by atoms with E-state index in [0.717, 1.165) is 31.6 Å². The van der Waals surface area contributed by atoms with Gasteiger partial charge in [0, 0.05) is 26.1 Å². The Bertz CT molecular complexity index is 890. The Hall–Kier alpha value is -2.83. The van der Waals surface area contributed by atoms with E-state index < -0.39 is 0 Å². The summed E-state index contributed by atoms with van der Waals surface area (Å²) in [5.41, 5.74) is 1.57. The number of amides is 2. The maximum absolute atomic E-state index is 12.8. The lowest BCUT2D eigenvalue weighted by Crippen LogP contribution is -2.38. The van der Waals surface area contributed by atoms with Gasteiger partial charge < -0.3 is 15.5 Å². The summed E-state index contributed by atoms with van der Waals surface area (Å²) in [7, 11) is 0. The summed E-state index contributed by atoms with van der Waals surface area (Å²) in [6, 6.07) is 10.4. The van der Waals surface area contributed by atoms with Gasteiger partial charge in [-0.15, -0.1) is 0 Å². The Balaban J connectivity index is 1.42. The molecule has 1 aromatic carbocycles. The van der Waals surface area contributed by atoms with Gasteiger partial charge in [-0.3, -0.25) is 9.59 Å². The van der Waals surface area contributed by atoms with Crippen LogP contribution in [0.5, 0.6) is 0 Å². The van der Waals surface area contributed by atoms with E-state index in [9.17, 15) is 9.59 Å². The lowest BCUT2D eigenvalue weighted by molar-refractivity contribution is -0.127. The number of nitrogens with zero attached hydrogens (tertiary/aromatic N) is 3. The second kappa shape index (κ2) is 7.89. The van der Waals surface area contributed by atoms with E-state index >= 15 is 0 Å². The van der Waals surface area contributed by atoms with Crippen molar-refractivity contribution in [3.05, 3.63) is 47.7 Å². The van der Waals surface area contributed by atoms with Gasteiger partial charge in [-0.05, 0) is 38.7 Å². The van der Waals surface area contributed by atoms with Crippen molar-refractivity contribution in [3.63, 3.8) is 0 Å². The third kappa shape index (κ3) is 3.99. The Labute approximate surface area is 171 Å². The molecule has 2 aliphatic rings. The first kappa shape index (κ1) is 19.5. The van der Waals surface area contributed by atoms with Crippen molar-refractivity contribution in [1.29, 1.82) is 0 Å². The molecule has 1 fully saturated rings. The summed E-state index contributed by atoms with van der Waals surface area (Å²) in [6.45, 7) is 6.37. The molecule has 0 spiro atoms. The monoisotopic (exact) mass is 395 g/mol. The first-order valence-corrected chi connectivity index (χ1v) is 10.4. The van der Waals surface area contributed by atoms with Gasteiger partial charge in [0.25, 0.3) is 5.91 Å². The van der Waals surface area contributed by atoms with Gasteiger partial charge in [0.1, 0.15) is 11.4 Å². The predicted octanol–water partition coefficient (Wildman–Crippen LogP) is 2.92. The summed E-state index contributed by atoms with van der Waals surface area (Å²) in [6.07, 6.45) is 4.89. The highest BCUT2D eigenvalue weighted by Gasteiger charge is 2.36. The highest BCUT2D eigenvalue weighted by atomic mass is 16.2. The average molecular weight is 396 g/mol. The van der Waals surface area contributed by atoms with Crippen LogP contribution in [0.15, 0.2) is 36.5 Å². The van der Waals surface area contributed by atoms with Crippen LogP contribution in [0.3, 0.4) is 0 Å². The number of hydrogen-bond donors (Lipinski definition) is 2. The van der Waals surface area contributed by atoms with E-state index in [1.165, 1.54) is 5.56 Å². The molecule has 0 bridgehead atoms. The van der Waals surface area contributed by atoms with Crippen LogP contribution in [0, 0.1) is 0 Å². The number of rotatable bonds is 6. The van der Waals surface area contributed by atoms with Gasteiger partial charge in [0.05, 0.1) is 17.8 Å². The summed E-state index contributed by atoms with van der Waals surface area (Å²) >= 11 is 0. The average Bonchev–Trinajstić information content (AvgIpc) is 3.32. The molecule has 0 aliphatic carbocycles. The van der Waals surface area contributed by atoms with Crippen molar-refractivity contribution in [3.8, 4) is 0 Å². The number of carbonyl (C=O) groups is 2. The Morgan fingerprint density at radius 1 is 1.31 bits per heavy atom. The number of hydrogen-bond acceptors (Lipinski definition) is 4. The molecule has 1 aromatic heterocycles. The number of aromatic nitrogens is 2. The molecule has 0 radical (unpaired) electrons. The number of anilines is 1. The molecular weight excluding hydrogens is 366 g/mol. The molecule has 2 aromatic rings. The van der Waals surface area contributed by atoms with Gasteiger partial charge >= 0.3 is 0 Å². The molecule has 1 unspecified atom stereocenters. The van der Waals surface area contributed by atoms with Crippen LogP contribution in [-0.2, 0) is 10.3 Å². The van der Waals surface area contributed by atoms with E-state index in [0.29, 0.717) is 25.1 Å². The molecule has 4 rings (SSSR count). The molecule has 2 N–H and O–H groups in total. The van der Waals surface area contributed by atoms with Gasteiger partial charge in [-0.25, -0.2) is 4.68 Å². The zero-order valence-electron chi connectivity index (χ0n) is 17.1. The Morgan fingerprint density at radius 3 is 2.83 bits per heavy atom. The zero-order valence-corrected chi connectivity index (χ0v) is 17.1. The fourth-order valence-corrected chi connectivity index (χ4v) is 4.31. The number of likely N-dealkylation sites (tertiary alicyclic amines) is 1. The van der Waals surface area contributed by atoms with Crippen LogP contribution in [0.25, 0.3) is 0 Å². The van der Waals surface area contributed by atoms with Crippen molar-refractivity contribution >= 4 is 17.6 Å². The lowest BCUT2D eigenvalue weighted by Gasteiger charge is -2.38. The van der Waals surface area contributed by atoms with Crippen LogP contribution in [0.4, 0.5) is 5.82 Å². The number of carbonyl (C=O) groups excluding carboxylic acids is 2. The minimum absolute atomic E-state index is 0.128. The lowest BCUT2D eigenvalue weighted by atomic mass is 9.89. The second-order valence-corrected chi connectivity index (χ2v) is 8.54. The standard InChI is InChI=1S/C22H29N5O2/c1-22(2)14-18(16-8-4-3-5-9-16)25-20-17(15-24-27(20)22)21(29)23-11-7-13-26-12-6-10-19(26)28/h3-5,8-9,15,18,25H,6-7,10-14H2,1-2H3,(H,23,29). The molecule has 29 heavy (non-hydrogen) atoms. The molecule has 7 nitrogen and oxygen atoms in total. The summed E-state index contributed by atoms with van der Waals surface area (Å²) in [5.74, 6) is 0.860. The van der Waals surface area contributed by atoms with E-state index in [1.807, 2.05) is 27.8 Å². The Morgan fingerprint density at radius 2 is 2.10 bits per heavy atom. The van der Waals surface area contributed by atoms with Crippen molar-refractivity contribution < 1.29 is 9.59 Å². The first-order valence-electron chi connectivity index (χ1n) is 10.4. The van der Waals surface area contributed by atoms with E-state index in [2.05, 4.69) is 41.7 Å². The van der Waals surface area contributed by atoms with Crippen molar-refractivity contribution in [1.82, 2.24) is 20.0 Å². The number of benzene rings is 1. The predicted molar refractivity (Wildman–Crippen MR) is 112 cm³/mol. The van der Waals surface area contributed by atoms with E-state index in [4.69, 9.17) is 0 Å². The quantitative estimate of drug-likeness (QED) is 0.737. The fraction of sp³-hybridized carbons (Fsp3) is 0.500. The normalized spacial score (nSPS) is 20.3. The van der Waals surface area contributed by atoms with E-state index in [-0.39, 0.29) is 23.4 Å². The third-order valence-electron chi connectivity index (χ3n) is 5.87. The van der Waals surface area contributed by atoms with Crippen molar-refractivity contribution in [2.45, 2.75) is 51.1 Å². The minimum atomic E-state index is -0.199. The summed E-state index contributed by atoms with van der Waals surface area (Å²) in [5, 5.41) is 11.0. The van der Waals surface area contributed by atoms with Crippen LogP contribution in [0.1, 0.15) is 61.5 Å².